The molecule has 1 amide bonds. The first-order valence-electron chi connectivity index (χ1n) is 9.31. The standard InChI is InChI=1S/C19H28N4OS/c1-14-7-2-4-10-16(14)20-19(25)22-21-18(24)13-23-12-6-9-15-8-3-5-11-17(15)23/h3,5,8,11,14,16H,2,4,6-7,9-10,12-13H2,1H3,(H,21,24)(H2,20,22,25)/t14-,16-/m0/s1. The van der Waals surface area contributed by atoms with Crippen molar-refractivity contribution in [1.82, 2.24) is 16.2 Å². The zero-order valence-corrected chi connectivity index (χ0v) is 15.7. The van der Waals surface area contributed by atoms with Crippen molar-refractivity contribution in [3.8, 4) is 0 Å². The number of carbonyl (C=O) groups excluding carboxylic acids is 1. The molecule has 25 heavy (non-hydrogen) atoms. The number of fused-ring (bicyclic) bond motifs is 1. The molecular formula is C19H28N4OS. The first-order valence-corrected chi connectivity index (χ1v) is 9.72. The molecule has 0 bridgehead atoms. The van der Waals surface area contributed by atoms with Crippen molar-refractivity contribution in [2.24, 2.45) is 5.92 Å². The Labute approximate surface area is 155 Å². The van der Waals surface area contributed by atoms with Crippen LogP contribution in [0.5, 0.6) is 0 Å². The van der Waals surface area contributed by atoms with Crippen LogP contribution in [0.4, 0.5) is 5.69 Å². The highest BCUT2D eigenvalue weighted by Gasteiger charge is 2.22. The number of hydrogen-bond acceptors (Lipinski definition) is 3. The predicted molar refractivity (Wildman–Crippen MR) is 105 cm³/mol. The van der Waals surface area contributed by atoms with Crippen molar-refractivity contribution in [2.75, 3.05) is 18.0 Å². The minimum Gasteiger partial charge on any atom is -0.362 e. The molecule has 1 aromatic rings. The van der Waals surface area contributed by atoms with Crippen molar-refractivity contribution in [2.45, 2.75) is 51.5 Å². The van der Waals surface area contributed by atoms with Crippen LogP contribution >= 0.6 is 12.2 Å². The zero-order chi connectivity index (χ0) is 17.6. The number of aryl methyl sites for hydroxylation is 1. The third kappa shape index (κ3) is 4.84. The Balaban J connectivity index is 1.45. The fraction of sp³-hybridized carbons (Fsp3) is 0.579. The van der Waals surface area contributed by atoms with E-state index >= 15 is 0 Å². The van der Waals surface area contributed by atoms with Gasteiger partial charge >= 0.3 is 0 Å². The number of nitrogens with one attached hydrogen (secondary N) is 3. The number of rotatable bonds is 3. The van der Waals surface area contributed by atoms with Crippen LogP contribution in [0.1, 0.15) is 44.6 Å². The normalized spacial score (nSPS) is 22.7. The van der Waals surface area contributed by atoms with Crippen LogP contribution in [0, 0.1) is 5.92 Å². The van der Waals surface area contributed by atoms with E-state index in [1.165, 1.54) is 30.5 Å². The number of carbonyl (C=O) groups is 1. The second kappa shape index (κ2) is 8.52. The molecule has 1 aromatic carbocycles. The highest BCUT2D eigenvalue weighted by molar-refractivity contribution is 7.80. The van der Waals surface area contributed by atoms with E-state index in [0.29, 0.717) is 23.6 Å². The average Bonchev–Trinajstić information content (AvgIpc) is 2.62. The predicted octanol–water partition coefficient (Wildman–Crippen LogP) is 2.51. The number of hydrogen-bond donors (Lipinski definition) is 3. The van der Waals surface area contributed by atoms with Crippen molar-refractivity contribution in [1.29, 1.82) is 0 Å². The number of anilines is 1. The van der Waals surface area contributed by atoms with E-state index in [1.807, 2.05) is 6.07 Å². The molecular weight excluding hydrogens is 332 g/mol. The molecule has 3 N–H and O–H groups in total. The molecule has 6 heteroatoms. The first kappa shape index (κ1) is 18.0. The third-order valence-electron chi connectivity index (χ3n) is 5.28. The third-order valence-corrected chi connectivity index (χ3v) is 5.50. The second-order valence-electron chi connectivity index (χ2n) is 7.17. The van der Waals surface area contributed by atoms with Gasteiger partial charge in [0, 0.05) is 18.3 Å². The molecule has 0 spiro atoms. The lowest BCUT2D eigenvalue weighted by Gasteiger charge is -2.31. The summed E-state index contributed by atoms with van der Waals surface area (Å²) in [6.07, 6.45) is 7.08. The first-order chi connectivity index (χ1) is 12.1. The minimum atomic E-state index is -0.0717. The smallest absolute Gasteiger partial charge is 0.257 e. The monoisotopic (exact) mass is 360 g/mol. The van der Waals surface area contributed by atoms with Gasteiger partial charge < -0.3 is 10.2 Å². The average molecular weight is 361 g/mol. The fourth-order valence-electron chi connectivity index (χ4n) is 3.85. The van der Waals surface area contributed by atoms with Crippen LogP contribution in [-0.2, 0) is 11.2 Å². The fourth-order valence-corrected chi connectivity index (χ4v) is 4.05. The van der Waals surface area contributed by atoms with Gasteiger partial charge in [-0.3, -0.25) is 15.6 Å². The maximum absolute atomic E-state index is 12.3. The maximum Gasteiger partial charge on any atom is 0.257 e. The number of nitrogens with zero attached hydrogens (tertiary/aromatic N) is 1. The molecule has 1 aliphatic heterocycles. The molecule has 5 nitrogen and oxygen atoms in total. The number of thiocarbonyl (C=S) groups is 1. The highest BCUT2D eigenvalue weighted by atomic mass is 32.1. The summed E-state index contributed by atoms with van der Waals surface area (Å²) >= 11 is 5.32. The van der Waals surface area contributed by atoms with E-state index in [9.17, 15) is 4.79 Å². The number of para-hydroxylation sites is 1. The van der Waals surface area contributed by atoms with Gasteiger partial charge in [-0.1, -0.05) is 38.0 Å². The quantitative estimate of drug-likeness (QED) is 0.571. The molecule has 0 unspecified atom stereocenters. The Bertz CT molecular complexity index is 621. The van der Waals surface area contributed by atoms with Crippen LogP contribution in [-0.4, -0.2) is 30.2 Å². The summed E-state index contributed by atoms with van der Waals surface area (Å²) in [5, 5.41) is 3.84. The van der Waals surface area contributed by atoms with Gasteiger partial charge in [-0.15, -0.1) is 0 Å². The summed E-state index contributed by atoms with van der Waals surface area (Å²) in [6, 6.07) is 8.71. The molecule has 2 aliphatic rings. The zero-order valence-electron chi connectivity index (χ0n) is 14.9. The van der Waals surface area contributed by atoms with Crippen molar-refractivity contribution in [3.05, 3.63) is 29.8 Å². The van der Waals surface area contributed by atoms with E-state index in [-0.39, 0.29) is 5.91 Å². The van der Waals surface area contributed by atoms with E-state index in [2.05, 4.69) is 46.2 Å². The van der Waals surface area contributed by atoms with Gasteiger partial charge in [-0.25, -0.2) is 0 Å². The highest BCUT2D eigenvalue weighted by Crippen LogP contribution is 2.26. The van der Waals surface area contributed by atoms with Gasteiger partial charge in [-0.05, 0) is 55.4 Å². The van der Waals surface area contributed by atoms with Crippen LogP contribution in [0.25, 0.3) is 0 Å². The minimum absolute atomic E-state index is 0.0717. The largest absolute Gasteiger partial charge is 0.362 e. The van der Waals surface area contributed by atoms with E-state index < -0.39 is 0 Å². The second-order valence-corrected chi connectivity index (χ2v) is 7.58. The molecule has 3 rings (SSSR count). The molecule has 1 saturated carbocycles. The van der Waals surface area contributed by atoms with E-state index in [0.717, 1.165) is 25.8 Å². The Morgan fingerprint density at radius 2 is 2.00 bits per heavy atom. The van der Waals surface area contributed by atoms with Crippen LogP contribution in [0.15, 0.2) is 24.3 Å². The maximum atomic E-state index is 12.3. The topological polar surface area (TPSA) is 56.4 Å². The lowest BCUT2D eigenvalue weighted by molar-refractivity contribution is -0.120. The van der Waals surface area contributed by atoms with Crippen LogP contribution < -0.4 is 21.1 Å². The van der Waals surface area contributed by atoms with Gasteiger partial charge in [0.15, 0.2) is 5.11 Å². The van der Waals surface area contributed by atoms with Gasteiger partial charge in [0.25, 0.3) is 5.91 Å². The molecule has 0 radical (unpaired) electrons. The molecule has 0 aromatic heterocycles. The SMILES string of the molecule is C[C@H]1CCCC[C@@H]1NC(=S)NNC(=O)CN1CCCc2ccccc21. The Kier molecular flexibility index (Phi) is 6.13. The summed E-state index contributed by atoms with van der Waals surface area (Å²) < 4.78 is 0. The molecule has 1 fully saturated rings. The number of benzene rings is 1. The van der Waals surface area contributed by atoms with Gasteiger partial charge in [0.05, 0.1) is 6.54 Å². The van der Waals surface area contributed by atoms with E-state index in [1.54, 1.807) is 0 Å². The molecule has 2 atom stereocenters. The lowest BCUT2D eigenvalue weighted by Crippen LogP contribution is -2.53. The van der Waals surface area contributed by atoms with Crippen LogP contribution in [0.3, 0.4) is 0 Å². The summed E-state index contributed by atoms with van der Waals surface area (Å²) in [6.45, 7) is 3.50. The Morgan fingerprint density at radius 1 is 1.20 bits per heavy atom. The van der Waals surface area contributed by atoms with Gasteiger partial charge in [-0.2, -0.15) is 0 Å². The Morgan fingerprint density at radius 3 is 2.84 bits per heavy atom. The summed E-state index contributed by atoms with van der Waals surface area (Å²) in [5.74, 6) is 0.548. The molecule has 1 heterocycles. The van der Waals surface area contributed by atoms with Crippen molar-refractivity contribution < 1.29 is 4.79 Å². The number of hydrazine groups is 1. The number of amides is 1. The lowest BCUT2D eigenvalue weighted by atomic mass is 9.86. The van der Waals surface area contributed by atoms with Crippen molar-refractivity contribution in [3.63, 3.8) is 0 Å². The van der Waals surface area contributed by atoms with Gasteiger partial charge in [0.1, 0.15) is 0 Å². The van der Waals surface area contributed by atoms with Crippen LogP contribution in [0.2, 0.25) is 0 Å². The van der Waals surface area contributed by atoms with E-state index in [4.69, 9.17) is 12.2 Å². The summed E-state index contributed by atoms with van der Waals surface area (Å²) in [4.78, 5) is 14.4. The van der Waals surface area contributed by atoms with Gasteiger partial charge in [0.2, 0.25) is 0 Å². The summed E-state index contributed by atoms with van der Waals surface area (Å²) in [5.41, 5.74) is 8.07. The summed E-state index contributed by atoms with van der Waals surface area (Å²) in [7, 11) is 0. The molecule has 0 saturated heterocycles. The van der Waals surface area contributed by atoms with Crippen molar-refractivity contribution >= 4 is 28.9 Å². The molecule has 1 aliphatic carbocycles. The molecule has 136 valence electrons. The Hall–Kier alpha value is -1.82.